The summed E-state index contributed by atoms with van der Waals surface area (Å²) in [7, 11) is 0. The highest BCUT2D eigenvalue weighted by molar-refractivity contribution is 7.13. The molecular weight excluding hydrogens is 218 g/mol. The van der Waals surface area contributed by atoms with Crippen molar-refractivity contribution in [3.8, 4) is 0 Å². The Morgan fingerprint density at radius 3 is 2.60 bits per heavy atom. The minimum atomic E-state index is -0.543. The van der Waals surface area contributed by atoms with E-state index in [-0.39, 0.29) is 12.1 Å². The number of nitrogens with zero attached hydrogens (tertiary/aromatic N) is 1. The summed E-state index contributed by atoms with van der Waals surface area (Å²) >= 11 is 1.39. The average molecular weight is 226 g/mol. The first-order valence-electron chi connectivity index (χ1n) is 4.33. The summed E-state index contributed by atoms with van der Waals surface area (Å²) in [5.41, 5.74) is 0.0349. The number of halogens is 2. The predicted molar refractivity (Wildman–Crippen MR) is 55.8 cm³/mol. The van der Waals surface area contributed by atoms with Gasteiger partial charge in [0.15, 0.2) is 5.13 Å². The molecule has 1 aromatic carbocycles. The first-order valence-corrected chi connectivity index (χ1v) is 5.21. The van der Waals surface area contributed by atoms with E-state index in [1.54, 1.807) is 11.6 Å². The molecule has 0 bridgehead atoms. The van der Waals surface area contributed by atoms with Crippen molar-refractivity contribution in [1.29, 1.82) is 0 Å². The van der Waals surface area contributed by atoms with Crippen LogP contribution in [0.25, 0.3) is 0 Å². The fourth-order valence-electron chi connectivity index (χ4n) is 1.18. The maximum absolute atomic E-state index is 13.2. The van der Waals surface area contributed by atoms with Gasteiger partial charge in [-0.1, -0.05) is 6.07 Å². The molecule has 0 aliphatic heterocycles. The van der Waals surface area contributed by atoms with Gasteiger partial charge in [0.2, 0.25) is 0 Å². The van der Waals surface area contributed by atoms with Crippen molar-refractivity contribution in [2.24, 2.45) is 0 Å². The normalized spacial score (nSPS) is 10.3. The molecule has 0 unspecified atom stereocenters. The van der Waals surface area contributed by atoms with Crippen molar-refractivity contribution in [1.82, 2.24) is 4.98 Å². The highest BCUT2D eigenvalue weighted by Gasteiger charge is 2.07. The van der Waals surface area contributed by atoms with Gasteiger partial charge in [-0.2, -0.15) is 0 Å². The Hall–Kier alpha value is -1.49. The van der Waals surface area contributed by atoms with E-state index in [0.717, 1.165) is 0 Å². The lowest BCUT2D eigenvalue weighted by molar-refractivity contribution is 0.560. The molecule has 0 spiro atoms. The molecule has 0 fully saturated rings. The molecule has 1 N–H and O–H groups in total. The molecule has 0 atom stereocenters. The summed E-state index contributed by atoms with van der Waals surface area (Å²) in [6.07, 6.45) is 1.63. The van der Waals surface area contributed by atoms with E-state index in [9.17, 15) is 8.78 Å². The molecule has 0 radical (unpaired) electrons. The zero-order chi connectivity index (χ0) is 10.7. The number of benzene rings is 1. The Kier molecular flexibility index (Phi) is 2.91. The van der Waals surface area contributed by atoms with Gasteiger partial charge in [-0.15, -0.1) is 11.3 Å². The van der Waals surface area contributed by atoms with Gasteiger partial charge in [-0.05, 0) is 12.1 Å². The van der Waals surface area contributed by atoms with Crippen LogP contribution >= 0.6 is 11.3 Å². The summed E-state index contributed by atoms with van der Waals surface area (Å²) < 4.78 is 26.4. The van der Waals surface area contributed by atoms with Crippen molar-refractivity contribution < 1.29 is 8.78 Å². The summed E-state index contributed by atoms with van der Waals surface area (Å²) in [5, 5.41) is 5.29. The van der Waals surface area contributed by atoms with Gasteiger partial charge >= 0.3 is 0 Å². The van der Waals surface area contributed by atoms with E-state index in [2.05, 4.69) is 10.3 Å². The first kappa shape index (κ1) is 10.0. The van der Waals surface area contributed by atoms with E-state index in [4.69, 9.17) is 0 Å². The number of rotatable bonds is 3. The van der Waals surface area contributed by atoms with Gasteiger partial charge in [0.1, 0.15) is 11.6 Å². The van der Waals surface area contributed by atoms with Crippen LogP contribution in [0.5, 0.6) is 0 Å². The number of aromatic nitrogens is 1. The highest BCUT2D eigenvalue weighted by Crippen LogP contribution is 2.16. The molecule has 2 rings (SSSR count). The number of thiazole rings is 1. The second-order valence-electron chi connectivity index (χ2n) is 2.89. The quantitative estimate of drug-likeness (QED) is 0.870. The molecular formula is C10H8F2N2S. The zero-order valence-corrected chi connectivity index (χ0v) is 8.52. The van der Waals surface area contributed by atoms with Crippen LogP contribution in [0.3, 0.4) is 0 Å². The maximum atomic E-state index is 13.2. The third-order valence-electron chi connectivity index (χ3n) is 1.91. The smallest absolute Gasteiger partial charge is 0.182 e. The highest BCUT2D eigenvalue weighted by atomic mass is 32.1. The molecule has 1 aromatic heterocycles. The molecule has 0 saturated heterocycles. The van der Waals surface area contributed by atoms with E-state index < -0.39 is 11.6 Å². The van der Waals surface area contributed by atoms with E-state index in [1.807, 2.05) is 0 Å². The molecule has 0 aliphatic rings. The number of nitrogens with one attached hydrogen (secondary N) is 1. The predicted octanol–water partition coefficient (Wildman–Crippen LogP) is 3.03. The van der Waals surface area contributed by atoms with Crippen molar-refractivity contribution in [2.75, 3.05) is 5.32 Å². The summed E-state index contributed by atoms with van der Waals surface area (Å²) in [4.78, 5) is 3.95. The van der Waals surface area contributed by atoms with Crippen LogP contribution in [-0.4, -0.2) is 4.98 Å². The van der Waals surface area contributed by atoms with Crippen LogP contribution in [0.15, 0.2) is 29.8 Å². The Bertz CT molecular complexity index is 422. The van der Waals surface area contributed by atoms with Gasteiger partial charge < -0.3 is 5.32 Å². The maximum Gasteiger partial charge on any atom is 0.182 e. The fraction of sp³-hybridized carbons (Fsp3) is 0.100. The van der Waals surface area contributed by atoms with Gasteiger partial charge in [0.05, 0.1) is 0 Å². The molecule has 0 amide bonds. The Labute approximate surface area is 89.6 Å². The molecule has 0 saturated carbocycles. The van der Waals surface area contributed by atoms with Crippen molar-refractivity contribution >= 4 is 16.5 Å². The van der Waals surface area contributed by atoms with Crippen molar-refractivity contribution in [3.63, 3.8) is 0 Å². The third kappa shape index (κ3) is 2.30. The van der Waals surface area contributed by atoms with E-state index >= 15 is 0 Å². The lowest BCUT2D eigenvalue weighted by atomic mass is 10.2. The summed E-state index contributed by atoms with van der Waals surface area (Å²) in [5.74, 6) is -1.09. The van der Waals surface area contributed by atoms with Crippen LogP contribution in [0.1, 0.15) is 5.56 Å². The van der Waals surface area contributed by atoms with Crippen LogP contribution in [0.2, 0.25) is 0 Å². The molecule has 2 nitrogen and oxygen atoms in total. The summed E-state index contributed by atoms with van der Waals surface area (Å²) in [6.45, 7) is 0.103. The fourth-order valence-corrected chi connectivity index (χ4v) is 1.70. The van der Waals surface area contributed by atoms with Gasteiger partial charge in [0, 0.05) is 23.7 Å². The average Bonchev–Trinajstić information content (AvgIpc) is 2.70. The monoisotopic (exact) mass is 226 g/mol. The van der Waals surface area contributed by atoms with Crippen molar-refractivity contribution in [2.45, 2.75) is 6.54 Å². The molecule has 2 aromatic rings. The SMILES string of the molecule is Fc1cccc(F)c1CNc1nccs1. The first-order chi connectivity index (χ1) is 7.27. The third-order valence-corrected chi connectivity index (χ3v) is 2.64. The molecule has 78 valence electrons. The molecule has 0 aliphatic carbocycles. The Morgan fingerprint density at radius 1 is 1.27 bits per heavy atom. The minimum Gasteiger partial charge on any atom is -0.357 e. The topological polar surface area (TPSA) is 24.9 Å². The summed E-state index contributed by atoms with van der Waals surface area (Å²) in [6, 6.07) is 3.82. The second kappa shape index (κ2) is 4.35. The van der Waals surface area contributed by atoms with Crippen LogP contribution in [0.4, 0.5) is 13.9 Å². The number of hydrogen-bond donors (Lipinski definition) is 1. The van der Waals surface area contributed by atoms with E-state index in [1.165, 1.54) is 29.5 Å². The number of anilines is 1. The lowest BCUT2D eigenvalue weighted by Gasteiger charge is -2.05. The number of hydrogen-bond acceptors (Lipinski definition) is 3. The van der Waals surface area contributed by atoms with Gasteiger partial charge in [0.25, 0.3) is 0 Å². The Balaban J connectivity index is 2.11. The standard InChI is InChI=1S/C10H8F2N2S/c11-8-2-1-3-9(12)7(8)6-14-10-13-4-5-15-10/h1-5H,6H2,(H,13,14). The molecule has 15 heavy (non-hydrogen) atoms. The second-order valence-corrected chi connectivity index (χ2v) is 3.79. The lowest BCUT2D eigenvalue weighted by Crippen LogP contribution is -2.04. The zero-order valence-electron chi connectivity index (χ0n) is 7.71. The molecule has 1 heterocycles. The molecule has 5 heteroatoms. The van der Waals surface area contributed by atoms with Gasteiger partial charge in [-0.25, -0.2) is 13.8 Å². The minimum absolute atomic E-state index is 0.0349. The largest absolute Gasteiger partial charge is 0.357 e. The van der Waals surface area contributed by atoms with Crippen LogP contribution in [-0.2, 0) is 6.54 Å². The van der Waals surface area contributed by atoms with Crippen LogP contribution in [0, 0.1) is 11.6 Å². The van der Waals surface area contributed by atoms with Gasteiger partial charge in [-0.3, -0.25) is 0 Å². The van der Waals surface area contributed by atoms with E-state index in [0.29, 0.717) is 5.13 Å². The van der Waals surface area contributed by atoms with Crippen molar-refractivity contribution in [3.05, 3.63) is 47.0 Å². The van der Waals surface area contributed by atoms with Crippen LogP contribution < -0.4 is 5.32 Å². The Morgan fingerprint density at radius 2 is 2.00 bits per heavy atom.